The molecule has 0 spiro atoms. The van der Waals surface area contributed by atoms with Crippen molar-refractivity contribution in [2.45, 2.75) is 55.2 Å². The Morgan fingerprint density at radius 3 is 1.44 bits per heavy atom. The van der Waals surface area contributed by atoms with Gasteiger partial charge in [0.25, 0.3) is 0 Å². The van der Waals surface area contributed by atoms with Crippen LogP contribution in [0.2, 0.25) is 0 Å². The summed E-state index contributed by atoms with van der Waals surface area (Å²) < 4.78 is 74.0. The zero-order valence-corrected chi connectivity index (χ0v) is 29.8. The topological polar surface area (TPSA) is 417 Å². The van der Waals surface area contributed by atoms with E-state index >= 15 is 0 Å². The Bertz CT molecular complexity index is 1970. The molecular formula is C23H33N10O18P3. The van der Waals surface area contributed by atoms with Crippen molar-refractivity contribution in [3.05, 3.63) is 25.3 Å². The van der Waals surface area contributed by atoms with Crippen LogP contribution in [0.5, 0.6) is 0 Å². The number of hydrogen-bond donors (Lipinski definition) is 10. The first kappa shape index (κ1) is 40.5. The number of nitrogens with zero attached hydrogens (tertiary/aromatic N) is 8. The molecule has 4 aromatic heterocycles. The molecule has 6 heterocycles. The van der Waals surface area contributed by atoms with Gasteiger partial charge in [0.15, 0.2) is 35.4 Å². The van der Waals surface area contributed by atoms with Crippen molar-refractivity contribution in [2.75, 3.05) is 37.9 Å². The Balaban J connectivity index is 1.01. The van der Waals surface area contributed by atoms with Gasteiger partial charge >= 0.3 is 23.5 Å². The number of aromatic nitrogens is 8. The van der Waals surface area contributed by atoms with E-state index in [0.717, 1.165) is 12.7 Å². The number of hydrogen-bond acceptors (Lipinski definition) is 22. The lowest BCUT2D eigenvalue weighted by atomic mass is 10.1. The second-order valence-electron chi connectivity index (χ2n) is 11.6. The number of imidazole rings is 2. The molecule has 0 aliphatic carbocycles. The molecular weight excluding hydrogens is 797 g/mol. The molecule has 4 aromatic rings. The lowest BCUT2D eigenvalue weighted by Gasteiger charge is -2.22. The molecule has 6 rings (SSSR count). The van der Waals surface area contributed by atoms with Crippen LogP contribution in [-0.2, 0) is 45.8 Å². The highest BCUT2D eigenvalue weighted by molar-refractivity contribution is 7.47. The maximum Gasteiger partial charge on any atom is 0.472 e. The van der Waals surface area contributed by atoms with Crippen LogP contribution in [0.15, 0.2) is 25.3 Å². The molecule has 28 nitrogen and oxygen atoms in total. The fraction of sp³-hybridized carbons (Fsp3) is 0.565. The van der Waals surface area contributed by atoms with Crippen molar-refractivity contribution in [1.82, 2.24) is 39.0 Å². The molecule has 2 fully saturated rings. The standard InChI is InChI=1S/C23H33N10O18P3/c24-18-12-20(28-5-26-18)32(7-30-12)22-16(36)14(34)10(49-22)3-47-53(41,42)45-1-9(51-52(38,39)40)2-46-54(43,44)48-4-11-15(35)17(37)23(50-11)33-8-31-13-19(25)27-6-29-21(13)33/h5-11,14-17,22-23,34-37H,1-4H2,(H,41,42)(H,43,44)(H2,24,26,28)(H2,25,27,29)(H2,38,39,40)/t9?,10-,11?,14-,15-,16-,17-,22?,23-/m1/s1. The van der Waals surface area contributed by atoms with Crippen LogP contribution in [-0.4, -0.2) is 148 Å². The maximum absolute atomic E-state index is 12.6. The van der Waals surface area contributed by atoms with Crippen molar-refractivity contribution in [3.63, 3.8) is 0 Å². The number of phosphoric acid groups is 3. The smallest absolute Gasteiger partial charge is 0.387 e. The predicted molar refractivity (Wildman–Crippen MR) is 172 cm³/mol. The average molecular weight is 830 g/mol. The third kappa shape index (κ3) is 8.92. The minimum atomic E-state index is -5.38. The van der Waals surface area contributed by atoms with Crippen LogP contribution in [0.4, 0.5) is 11.6 Å². The van der Waals surface area contributed by atoms with Gasteiger partial charge in [0.05, 0.1) is 39.1 Å². The Labute approximate surface area is 300 Å². The average Bonchev–Trinajstić information content (AvgIpc) is 3.86. The van der Waals surface area contributed by atoms with Gasteiger partial charge in [-0.1, -0.05) is 0 Å². The van der Waals surface area contributed by atoms with Crippen LogP contribution < -0.4 is 11.5 Å². The van der Waals surface area contributed by atoms with E-state index in [2.05, 4.69) is 34.4 Å². The van der Waals surface area contributed by atoms with Crippen LogP contribution in [0.3, 0.4) is 0 Å². The quantitative estimate of drug-likeness (QED) is 0.0497. The van der Waals surface area contributed by atoms with Gasteiger partial charge in [-0.15, -0.1) is 0 Å². The van der Waals surface area contributed by atoms with E-state index in [1.807, 2.05) is 0 Å². The number of nitrogen functional groups attached to an aromatic ring is 2. The van der Waals surface area contributed by atoms with Crippen molar-refractivity contribution < 1.29 is 85.8 Å². The van der Waals surface area contributed by atoms with E-state index in [-0.39, 0.29) is 34.0 Å². The Hall–Kier alpha value is -3.21. The minimum Gasteiger partial charge on any atom is -0.387 e. The van der Waals surface area contributed by atoms with Crippen LogP contribution in [0, 0.1) is 0 Å². The first-order valence-electron chi connectivity index (χ1n) is 15.2. The number of aliphatic hydroxyl groups is 4. The molecule has 0 radical (unpaired) electrons. The number of phosphoric ester groups is 3. The third-order valence-electron chi connectivity index (χ3n) is 7.93. The molecule has 11 atom stereocenters. The monoisotopic (exact) mass is 830 g/mol. The molecule has 0 aromatic carbocycles. The van der Waals surface area contributed by atoms with Crippen LogP contribution >= 0.6 is 23.5 Å². The summed E-state index contributed by atoms with van der Waals surface area (Å²) >= 11 is 0. The molecule has 2 saturated heterocycles. The van der Waals surface area contributed by atoms with Gasteiger partial charge in [0.2, 0.25) is 0 Å². The first-order valence-corrected chi connectivity index (χ1v) is 19.7. The van der Waals surface area contributed by atoms with Gasteiger partial charge in [0, 0.05) is 0 Å². The molecule has 298 valence electrons. The van der Waals surface area contributed by atoms with E-state index in [1.165, 1.54) is 21.8 Å². The molecule has 54 heavy (non-hydrogen) atoms. The minimum absolute atomic E-state index is 0.0302. The number of rotatable bonds is 16. The Morgan fingerprint density at radius 1 is 0.648 bits per heavy atom. The summed E-state index contributed by atoms with van der Waals surface area (Å²) in [5.74, 6) is 0.0604. The molecule has 12 N–H and O–H groups in total. The van der Waals surface area contributed by atoms with Crippen molar-refractivity contribution in [3.8, 4) is 0 Å². The highest BCUT2D eigenvalue weighted by Gasteiger charge is 2.47. The summed E-state index contributed by atoms with van der Waals surface area (Å²) in [6.45, 7) is -4.11. The van der Waals surface area contributed by atoms with E-state index in [4.69, 9.17) is 39.0 Å². The highest BCUT2D eigenvalue weighted by Crippen LogP contribution is 2.48. The maximum atomic E-state index is 12.6. The zero-order valence-electron chi connectivity index (χ0n) is 27.1. The second-order valence-corrected chi connectivity index (χ2v) is 15.7. The van der Waals surface area contributed by atoms with Crippen molar-refractivity contribution in [2.24, 2.45) is 0 Å². The summed E-state index contributed by atoms with van der Waals surface area (Å²) in [7, 11) is -15.7. The van der Waals surface area contributed by atoms with Gasteiger partial charge in [-0.05, 0) is 0 Å². The lowest BCUT2D eigenvalue weighted by Crippen LogP contribution is -2.34. The van der Waals surface area contributed by atoms with E-state index in [0.29, 0.717) is 0 Å². The Morgan fingerprint density at radius 2 is 1.06 bits per heavy atom. The third-order valence-corrected chi connectivity index (χ3v) is 10.4. The summed E-state index contributed by atoms with van der Waals surface area (Å²) in [4.78, 5) is 62.7. The molecule has 0 amide bonds. The summed E-state index contributed by atoms with van der Waals surface area (Å²) in [5, 5.41) is 42.1. The SMILES string of the molecule is Nc1ncnc2c1ncn2C1O[C@H](COP(=O)(O)OCC(COP(=O)(O)OCC2O[C@@H](n3cnc4c(N)ncnc43)[C@H](O)[C@@H]2O)OP(=O)(O)O)[C@@H](O)[C@H]1O. The van der Waals surface area contributed by atoms with Gasteiger partial charge in [-0.2, -0.15) is 0 Å². The van der Waals surface area contributed by atoms with Crippen LogP contribution in [0.25, 0.3) is 22.3 Å². The molecule has 5 unspecified atom stereocenters. The normalized spacial score (nSPS) is 29.1. The lowest BCUT2D eigenvalue weighted by molar-refractivity contribution is -0.0542. The van der Waals surface area contributed by atoms with E-state index < -0.39 is 105 Å². The number of ether oxygens (including phenoxy) is 2. The first-order chi connectivity index (χ1) is 25.3. The predicted octanol–water partition coefficient (Wildman–Crippen LogP) is -3.19. The zero-order chi connectivity index (χ0) is 39.2. The van der Waals surface area contributed by atoms with Gasteiger partial charge in [0.1, 0.15) is 66.4 Å². The van der Waals surface area contributed by atoms with Crippen molar-refractivity contribution in [1.29, 1.82) is 0 Å². The number of fused-ring (bicyclic) bond motifs is 2. The molecule has 31 heteroatoms. The van der Waals surface area contributed by atoms with E-state index in [1.54, 1.807) is 0 Å². The van der Waals surface area contributed by atoms with Gasteiger partial charge in [-0.3, -0.25) is 31.8 Å². The van der Waals surface area contributed by atoms with Gasteiger partial charge in [-0.25, -0.2) is 43.6 Å². The number of nitrogens with two attached hydrogens (primary N) is 2. The Kier molecular flexibility index (Phi) is 11.8. The highest BCUT2D eigenvalue weighted by atomic mass is 31.2. The fourth-order valence-electron chi connectivity index (χ4n) is 5.37. The molecule has 0 saturated carbocycles. The summed E-state index contributed by atoms with van der Waals surface area (Å²) in [5.41, 5.74) is 12.2. The number of aliphatic hydroxyl groups excluding tert-OH is 4. The fourth-order valence-corrected chi connectivity index (χ4v) is 7.41. The summed E-state index contributed by atoms with van der Waals surface area (Å²) in [6, 6.07) is 0. The molecule has 2 aliphatic rings. The summed E-state index contributed by atoms with van der Waals surface area (Å²) in [6.07, 6.45) is -9.35. The van der Waals surface area contributed by atoms with Crippen molar-refractivity contribution >= 4 is 57.4 Å². The van der Waals surface area contributed by atoms with Crippen LogP contribution in [0.1, 0.15) is 12.5 Å². The molecule has 0 bridgehead atoms. The second kappa shape index (κ2) is 15.7. The molecule has 2 aliphatic heterocycles. The van der Waals surface area contributed by atoms with Gasteiger partial charge < -0.3 is 60.9 Å². The van der Waals surface area contributed by atoms with E-state index in [9.17, 15) is 53.7 Å². The largest absolute Gasteiger partial charge is 0.472 e. The number of anilines is 2.